The summed E-state index contributed by atoms with van der Waals surface area (Å²) in [5.41, 5.74) is -0.00322. The lowest BCUT2D eigenvalue weighted by Crippen LogP contribution is -2.33. The summed E-state index contributed by atoms with van der Waals surface area (Å²) in [6.07, 6.45) is 4.52. The summed E-state index contributed by atoms with van der Waals surface area (Å²) >= 11 is 0. The number of hydrogen-bond donors (Lipinski definition) is 2. The molecule has 6 heteroatoms. The second kappa shape index (κ2) is 10.4. The number of hydrogen-bond acceptors (Lipinski definition) is 4. The number of rotatable bonds is 9. The molecular formula is C14H20N4O2. The van der Waals surface area contributed by atoms with Crippen molar-refractivity contribution in [2.75, 3.05) is 26.2 Å². The molecule has 0 aromatic rings. The van der Waals surface area contributed by atoms with Crippen molar-refractivity contribution in [2.24, 2.45) is 0 Å². The van der Waals surface area contributed by atoms with Gasteiger partial charge < -0.3 is 15.5 Å². The van der Waals surface area contributed by atoms with Gasteiger partial charge in [0.25, 0.3) is 5.91 Å². The van der Waals surface area contributed by atoms with Crippen LogP contribution < -0.4 is 10.6 Å². The maximum Gasteiger partial charge on any atom is 0.266 e. The van der Waals surface area contributed by atoms with Gasteiger partial charge >= 0.3 is 0 Å². The molecular weight excluding hydrogens is 256 g/mol. The lowest BCUT2D eigenvalue weighted by atomic mass is 10.2. The second-order valence-electron chi connectivity index (χ2n) is 3.89. The van der Waals surface area contributed by atoms with Gasteiger partial charge in [0.15, 0.2) is 0 Å². The highest BCUT2D eigenvalue weighted by Crippen LogP contribution is 2.01. The van der Waals surface area contributed by atoms with Crippen molar-refractivity contribution in [3.05, 3.63) is 37.1 Å². The van der Waals surface area contributed by atoms with Crippen molar-refractivity contribution >= 4 is 11.8 Å². The van der Waals surface area contributed by atoms with Crippen molar-refractivity contribution in [2.45, 2.75) is 6.92 Å². The highest BCUT2D eigenvalue weighted by atomic mass is 16.2. The predicted molar refractivity (Wildman–Crippen MR) is 77.4 cm³/mol. The van der Waals surface area contributed by atoms with Crippen molar-refractivity contribution in [1.82, 2.24) is 15.5 Å². The van der Waals surface area contributed by atoms with E-state index in [9.17, 15) is 9.59 Å². The maximum absolute atomic E-state index is 12.1. The van der Waals surface area contributed by atoms with Crippen LogP contribution in [0, 0.1) is 11.3 Å². The molecule has 0 rings (SSSR count). The summed E-state index contributed by atoms with van der Waals surface area (Å²) in [7, 11) is 0. The van der Waals surface area contributed by atoms with Gasteiger partial charge in [0.1, 0.15) is 11.6 Å². The highest BCUT2D eigenvalue weighted by molar-refractivity contribution is 5.97. The minimum Gasteiger partial charge on any atom is -0.388 e. The van der Waals surface area contributed by atoms with Crippen LogP contribution in [0.3, 0.4) is 0 Å². The number of amides is 2. The van der Waals surface area contributed by atoms with Crippen LogP contribution in [0.2, 0.25) is 0 Å². The third kappa shape index (κ3) is 7.01. The summed E-state index contributed by atoms with van der Waals surface area (Å²) in [5.74, 6) is -0.519. The number of nitrogens with zero attached hydrogens (tertiary/aromatic N) is 2. The molecule has 0 atom stereocenters. The molecule has 0 unspecified atom stereocenters. The van der Waals surface area contributed by atoms with E-state index in [0.29, 0.717) is 26.2 Å². The van der Waals surface area contributed by atoms with Gasteiger partial charge in [-0.1, -0.05) is 12.2 Å². The van der Waals surface area contributed by atoms with Gasteiger partial charge in [0.2, 0.25) is 5.91 Å². The van der Waals surface area contributed by atoms with E-state index in [1.165, 1.54) is 18.0 Å². The van der Waals surface area contributed by atoms with E-state index >= 15 is 0 Å². The molecule has 0 spiro atoms. The Hall–Kier alpha value is -2.55. The maximum atomic E-state index is 12.1. The molecule has 0 aromatic carbocycles. The van der Waals surface area contributed by atoms with Gasteiger partial charge in [0.05, 0.1) is 0 Å². The van der Waals surface area contributed by atoms with E-state index in [0.717, 1.165) is 0 Å². The summed E-state index contributed by atoms with van der Waals surface area (Å²) in [5, 5.41) is 14.4. The fourth-order valence-electron chi connectivity index (χ4n) is 1.35. The van der Waals surface area contributed by atoms with Crippen LogP contribution in [-0.4, -0.2) is 42.9 Å². The van der Waals surface area contributed by atoms with Gasteiger partial charge in [-0.05, 0) is 0 Å². The van der Waals surface area contributed by atoms with E-state index in [4.69, 9.17) is 5.26 Å². The fraction of sp³-hybridized carbons (Fsp3) is 0.357. The number of carbonyl (C=O) groups is 2. The highest BCUT2D eigenvalue weighted by Gasteiger charge is 2.15. The van der Waals surface area contributed by atoms with Gasteiger partial charge in [-0.15, -0.1) is 13.2 Å². The Morgan fingerprint density at radius 2 is 1.85 bits per heavy atom. The summed E-state index contributed by atoms with van der Waals surface area (Å²) < 4.78 is 0. The summed E-state index contributed by atoms with van der Waals surface area (Å²) in [6.45, 7) is 10.1. The number of carbonyl (C=O) groups excluding carboxylic acids is 2. The molecule has 0 aliphatic carbocycles. The number of nitrogens with one attached hydrogen (secondary N) is 2. The quantitative estimate of drug-likeness (QED) is 0.275. The van der Waals surface area contributed by atoms with Crippen LogP contribution >= 0.6 is 0 Å². The second-order valence-corrected chi connectivity index (χ2v) is 3.89. The Morgan fingerprint density at radius 1 is 1.25 bits per heavy atom. The topological polar surface area (TPSA) is 85.2 Å². The molecule has 0 radical (unpaired) electrons. The molecule has 0 aliphatic heterocycles. The lowest BCUT2D eigenvalue weighted by molar-refractivity contribution is -0.125. The molecule has 0 bridgehead atoms. The molecule has 0 aliphatic rings. The molecule has 0 fully saturated rings. The van der Waals surface area contributed by atoms with E-state index < -0.39 is 0 Å². The average Bonchev–Trinajstić information content (AvgIpc) is 2.41. The fourth-order valence-corrected chi connectivity index (χ4v) is 1.35. The molecule has 6 nitrogen and oxygen atoms in total. The van der Waals surface area contributed by atoms with Crippen molar-refractivity contribution in [1.29, 1.82) is 5.26 Å². The molecule has 2 N–H and O–H groups in total. The Kier molecular flexibility index (Phi) is 9.06. The van der Waals surface area contributed by atoms with Crippen molar-refractivity contribution < 1.29 is 9.59 Å². The van der Waals surface area contributed by atoms with Crippen LogP contribution in [0.15, 0.2) is 37.1 Å². The van der Waals surface area contributed by atoms with Gasteiger partial charge in [-0.3, -0.25) is 9.59 Å². The lowest BCUT2D eigenvalue weighted by Gasteiger charge is -2.18. The SMILES string of the molecule is C=CCN(CC=C)C(=O)/C(C#N)=C\NCCNC(C)=O. The molecule has 0 aromatic heterocycles. The first-order valence-corrected chi connectivity index (χ1v) is 6.16. The Balaban J connectivity index is 4.51. The molecule has 20 heavy (non-hydrogen) atoms. The van der Waals surface area contributed by atoms with Crippen LogP contribution in [0.25, 0.3) is 0 Å². The normalized spacial score (nSPS) is 10.1. The molecule has 0 saturated heterocycles. The van der Waals surface area contributed by atoms with E-state index in [-0.39, 0.29) is 17.4 Å². The van der Waals surface area contributed by atoms with Gasteiger partial charge in [-0.2, -0.15) is 5.26 Å². The first-order valence-electron chi connectivity index (χ1n) is 6.16. The van der Waals surface area contributed by atoms with E-state index in [2.05, 4.69) is 23.8 Å². The smallest absolute Gasteiger partial charge is 0.266 e. The van der Waals surface area contributed by atoms with Crippen LogP contribution in [0.1, 0.15) is 6.92 Å². The minimum absolute atomic E-state index is 0.00322. The molecule has 2 amide bonds. The molecule has 0 saturated carbocycles. The molecule has 0 heterocycles. The van der Waals surface area contributed by atoms with Gasteiger partial charge in [-0.25, -0.2) is 0 Å². The van der Waals surface area contributed by atoms with Crippen molar-refractivity contribution in [3.8, 4) is 6.07 Å². The third-order valence-corrected chi connectivity index (χ3v) is 2.23. The molecule has 108 valence electrons. The Morgan fingerprint density at radius 3 is 2.30 bits per heavy atom. The number of nitriles is 1. The predicted octanol–water partition coefficient (Wildman–Crippen LogP) is 0.320. The first-order chi connectivity index (χ1) is 9.56. The third-order valence-electron chi connectivity index (χ3n) is 2.23. The largest absolute Gasteiger partial charge is 0.388 e. The van der Waals surface area contributed by atoms with E-state index in [1.807, 2.05) is 6.07 Å². The Bertz CT molecular complexity index is 425. The minimum atomic E-state index is -0.390. The summed E-state index contributed by atoms with van der Waals surface area (Å²) in [6, 6.07) is 1.85. The summed E-state index contributed by atoms with van der Waals surface area (Å²) in [4.78, 5) is 24.2. The zero-order valence-corrected chi connectivity index (χ0v) is 11.7. The monoisotopic (exact) mass is 276 g/mol. The van der Waals surface area contributed by atoms with E-state index in [1.54, 1.807) is 12.2 Å². The zero-order valence-electron chi connectivity index (χ0n) is 11.7. The van der Waals surface area contributed by atoms with Crippen LogP contribution in [-0.2, 0) is 9.59 Å². The Labute approximate surface area is 119 Å². The van der Waals surface area contributed by atoms with Crippen molar-refractivity contribution in [3.63, 3.8) is 0 Å². The zero-order chi connectivity index (χ0) is 15.4. The van der Waals surface area contributed by atoms with Gasteiger partial charge in [0, 0.05) is 39.3 Å². The van der Waals surface area contributed by atoms with Crippen LogP contribution in [0.4, 0.5) is 0 Å². The first kappa shape index (κ1) is 17.4. The standard InChI is InChI=1S/C14H20N4O2/c1-4-8-18(9-5-2)14(20)13(10-15)11-16-6-7-17-12(3)19/h4-5,11,16H,1-2,6-9H2,3H3,(H,17,19)/b13-11-. The average molecular weight is 276 g/mol. The van der Waals surface area contributed by atoms with Crippen LogP contribution in [0.5, 0.6) is 0 Å².